The van der Waals surface area contributed by atoms with Gasteiger partial charge in [0.05, 0.1) is 11.3 Å². The number of hydrogen-bond donors (Lipinski definition) is 2. The van der Waals surface area contributed by atoms with Crippen molar-refractivity contribution in [1.29, 1.82) is 0 Å². The lowest BCUT2D eigenvalue weighted by Crippen LogP contribution is -2.17. The van der Waals surface area contributed by atoms with Crippen molar-refractivity contribution in [3.8, 4) is 0 Å². The van der Waals surface area contributed by atoms with Crippen LogP contribution < -0.4 is 10.6 Å². The van der Waals surface area contributed by atoms with Crippen LogP contribution in [0.2, 0.25) is 5.02 Å². The second-order valence-electron chi connectivity index (χ2n) is 6.09. The van der Waals surface area contributed by atoms with E-state index < -0.39 is 29.2 Å². The molecule has 9 heteroatoms. The van der Waals surface area contributed by atoms with E-state index in [1.54, 1.807) is 25.1 Å². The molecular formula is C19H14ClF3N2O3. The number of fused-ring (bicyclic) bond motifs is 1. The number of halogens is 4. The molecule has 3 aromatic rings. The molecule has 2 N–H and O–H groups in total. The largest absolute Gasteiger partial charge is 0.451 e. The molecule has 0 spiro atoms. The summed E-state index contributed by atoms with van der Waals surface area (Å²) in [5, 5.41) is 5.54. The average Bonchev–Trinajstić information content (AvgIpc) is 2.91. The minimum absolute atomic E-state index is 0.0348. The molecule has 3 rings (SSSR count). The molecule has 0 bridgehead atoms. The van der Waals surface area contributed by atoms with E-state index in [1.165, 1.54) is 13.0 Å². The molecule has 0 radical (unpaired) electrons. The van der Waals surface area contributed by atoms with Gasteiger partial charge in [-0.2, -0.15) is 13.2 Å². The molecule has 0 aliphatic heterocycles. The van der Waals surface area contributed by atoms with Gasteiger partial charge in [0, 0.05) is 28.6 Å². The van der Waals surface area contributed by atoms with Crippen molar-refractivity contribution in [2.75, 3.05) is 10.6 Å². The van der Waals surface area contributed by atoms with Gasteiger partial charge in [0.15, 0.2) is 5.76 Å². The molecular weight excluding hydrogens is 397 g/mol. The molecule has 2 amide bonds. The number of carbonyl (C=O) groups excluding carboxylic acids is 2. The molecule has 0 saturated heterocycles. The molecule has 0 saturated carbocycles. The van der Waals surface area contributed by atoms with E-state index in [4.69, 9.17) is 16.0 Å². The summed E-state index contributed by atoms with van der Waals surface area (Å²) in [5.74, 6) is -1.46. The molecule has 0 aliphatic carbocycles. The number of alkyl halides is 3. The van der Waals surface area contributed by atoms with E-state index >= 15 is 0 Å². The summed E-state index contributed by atoms with van der Waals surface area (Å²) in [6.07, 6.45) is -4.74. The van der Waals surface area contributed by atoms with Gasteiger partial charge in [0.1, 0.15) is 5.58 Å². The number of furan rings is 1. The maximum absolute atomic E-state index is 13.4. The fourth-order valence-corrected chi connectivity index (χ4v) is 2.93. The number of benzene rings is 2. The van der Waals surface area contributed by atoms with Gasteiger partial charge in [0.2, 0.25) is 5.91 Å². The molecule has 0 aliphatic rings. The minimum Gasteiger partial charge on any atom is -0.451 e. The van der Waals surface area contributed by atoms with Crippen LogP contribution >= 0.6 is 11.6 Å². The monoisotopic (exact) mass is 410 g/mol. The van der Waals surface area contributed by atoms with E-state index in [2.05, 4.69) is 10.6 Å². The minimum atomic E-state index is -4.74. The summed E-state index contributed by atoms with van der Waals surface area (Å²) in [6, 6.07) is 7.85. The first-order chi connectivity index (χ1) is 13.1. The van der Waals surface area contributed by atoms with Gasteiger partial charge in [-0.15, -0.1) is 0 Å². The van der Waals surface area contributed by atoms with Crippen molar-refractivity contribution in [2.45, 2.75) is 20.0 Å². The zero-order valence-electron chi connectivity index (χ0n) is 14.7. The third-order valence-electron chi connectivity index (χ3n) is 4.00. The maximum atomic E-state index is 13.4. The van der Waals surface area contributed by atoms with Crippen LogP contribution in [0.15, 0.2) is 40.8 Å². The van der Waals surface area contributed by atoms with Crippen LogP contribution in [0.1, 0.15) is 28.6 Å². The Bertz CT molecular complexity index is 1090. The third kappa shape index (κ3) is 3.96. The van der Waals surface area contributed by atoms with E-state index in [-0.39, 0.29) is 11.4 Å². The number of rotatable bonds is 3. The summed E-state index contributed by atoms with van der Waals surface area (Å²) >= 11 is 5.93. The number of anilines is 2. The van der Waals surface area contributed by atoms with Gasteiger partial charge in [0.25, 0.3) is 5.91 Å². The quantitative estimate of drug-likeness (QED) is 0.588. The summed E-state index contributed by atoms with van der Waals surface area (Å²) in [7, 11) is 0. The SMILES string of the molecule is CC(=O)Nc1ccc(NC(=O)c2oc3ccc(Cl)cc3c2C)c(C(F)(F)F)c1. The molecule has 2 aromatic carbocycles. The number of nitrogens with one attached hydrogen (secondary N) is 2. The Morgan fingerprint density at radius 1 is 1.07 bits per heavy atom. The lowest BCUT2D eigenvalue weighted by Gasteiger charge is -2.15. The number of aryl methyl sites for hydroxylation is 1. The van der Waals surface area contributed by atoms with Crippen LogP contribution in [-0.4, -0.2) is 11.8 Å². The van der Waals surface area contributed by atoms with Gasteiger partial charge < -0.3 is 15.1 Å². The Kier molecular flexibility index (Phi) is 5.08. The highest BCUT2D eigenvalue weighted by Crippen LogP contribution is 2.37. The molecule has 5 nitrogen and oxygen atoms in total. The summed E-state index contributed by atoms with van der Waals surface area (Å²) in [5.41, 5.74) is -0.733. The fraction of sp³-hybridized carbons (Fsp3) is 0.158. The van der Waals surface area contributed by atoms with Crippen molar-refractivity contribution in [1.82, 2.24) is 0 Å². The van der Waals surface area contributed by atoms with Gasteiger partial charge in [-0.25, -0.2) is 0 Å². The fourth-order valence-electron chi connectivity index (χ4n) is 2.76. The average molecular weight is 411 g/mol. The Morgan fingerprint density at radius 2 is 1.79 bits per heavy atom. The maximum Gasteiger partial charge on any atom is 0.418 e. The van der Waals surface area contributed by atoms with E-state index in [0.29, 0.717) is 21.6 Å². The predicted molar refractivity (Wildman–Crippen MR) is 99.7 cm³/mol. The van der Waals surface area contributed by atoms with Crippen LogP contribution in [0, 0.1) is 6.92 Å². The summed E-state index contributed by atoms with van der Waals surface area (Å²) in [6.45, 7) is 2.79. The molecule has 1 aromatic heterocycles. The summed E-state index contributed by atoms with van der Waals surface area (Å²) in [4.78, 5) is 23.6. The Hall–Kier alpha value is -3.00. The van der Waals surface area contributed by atoms with Crippen LogP contribution in [0.3, 0.4) is 0 Å². The number of carbonyl (C=O) groups is 2. The highest BCUT2D eigenvalue weighted by atomic mass is 35.5. The van der Waals surface area contributed by atoms with Gasteiger partial charge >= 0.3 is 6.18 Å². The topological polar surface area (TPSA) is 71.3 Å². The first kappa shape index (κ1) is 19.8. The smallest absolute Gasteiger partial charge is 0.418 e. The standard InChI is InChI=1S/C19H14ClF3N2O3/c1-9-13-7-11(20)3-6-16(13)28-17(9)18(27)25-15-5-4-12(24-10(2)26)8-14(15)19(21,22)23/h3-8H,1-2H3,(H,24,26)(H,25,27). The van der Waals surface area contributed by atoms with E-state index in [1.807, 2.05) is 0 Å². The van der Waals surface area contributed by atoms with Crippen LogP contribution in [0.4, 0.5) is 24.5 Å². The molecule has 0 unspecified atom stereocenters. The molecule has 146 valence electrons. The molecule has 0 fully saturated rings. The number of hydrogen-bond acceptors (Lipinski definition) is 3. The highest BCUT2D eigenvalue weighted by Gasteiger charge is 2.35. The van der Waals surface area contributed by atoms with Crippen molar-refractivity contribution in [2.24, 2.45) is 0 Å². The highest BCUT2D eigenvalue weighted by molar-refractivity contribution is 6.31. The second kappa shape index (κ2) is 7.20. The zero-order chi connectivity index (χ0) is 20.6. The predicted octanol–water partition coefficient (Wildman–Crippen LogP) is 5.62. The van der Waals surface area contributed by atoms with Gasteiger partial charge in [-0.1, -0.05) is 11.6 Å². The van der Waals surface area contributed by atoms with Crippen molar-refractivity contribution >= 4 is 45.8 Å². The van der Waals surface area contributed by atoms with Gasteiger partial charge in [-0.3, -0.25) is 9.59 Å². The van der Waals surface area contributed by atoms with Crippen LogP contribution in [-0.2, 0) is 11.0 Å². The second-order valence-corrected chi connectivity index (χ2v) is 6.53. The van der Waals surface area contributed by atoms with Crippen molar-refractivity contribution < 1.29 is 27.2 Å². The Morgan fingerprint density at radius 3 is 2.43 bits per heavy atom. The summed E-state index contributed by atoms with van der Waals surface area (Å²) < 4.78 is 45.7. The lowest BCUT2D eigenvalue weighted by atomic mass is 10.1. The third-order valence-corrected chi connectivity index (χ3v) is 4.23. The number of amides is 2. The van der Waals surface area contributed by atoms with E-state index in [9.17, 15) is 22.8 Å². The normalized spacial score (nSPS) is 11.5. The van der Waals surface area contributed by atoms with E-state index in [0.717, 1.165) is 12.1 Å². The van der Waals surface area contributed by atoms with Crippen molar-refractivity contribution in [3.63, 3.8) is 0 Å². The Labute approximate surface area is 162 Å². The first-order valence-electron chi connectivity index (χ1n) is 8.05. The first-order valence-corrected chi connectivity index (χ1v) is 8.43. The lowest BCUT2D eigenvalue weighted by molar-refractivity contribution is -0.137. The molecule has 28 heavy (non-hydrogen) atoms. The van der Waals surface area contributed by atoms with Crippen LogP contribution in [0.25, 0.3) is 11.0 Å². The van der Waals surface area contributed by atoms with Crippen LogP contribution in [0.5, 0.6) is 0 Å². The molecule has 0 atom stereocenters. The van der Waals surface area contributed by atoms with Gasteiger partial charge in [-0.05, 0) is 43.3 Å². The molecule has 1 heterocycles. The van der Waals surface area contributed by atoms with Crippen molar-refractivity contribution in [3.05, 3.63) is 58.3 Å². The zero-order valence-corrected chi connectivity index (χ0v) is 15.5. The Balaban J connectivity index is 1.98.